The second kappa shape index (κ2) is 8.25. The quantitative estimate of drug-likeness (QED) is 0.625. The van der Waals surface area contributed by atoms with E-state index in [4.69, 9.17) is 21.8 Å². The predicted octanol–water partition coefficient (Wildman–Crippen LogP) is 3.48. The van der Waals surface area contributed by atoms with Crippen LogP contribution < -0.4 is 10.6 Å². The third kappa shape index (κ3) is 4.56. The van der Waals surface area contributed by atoms with Gasteiger partial charge in [0.25, 0.3) is 5.22 Å². The third-order valence-corrected chi connectivity index (χ3v) is 4.65. The lowest BCUT2D eigenvalue weighted by molar-refractivity contribution is -0.118. The van der Waals surface area contributed by atoms with Gasteiger partial charge in [-0.1, -0.05) is 41.6 Å². The molecule has 134 valence electrons. The Morgan fingerprint density at radius 2 is 1.96 bits per heavy atom. The number of para-hydroxylation sites is 1. The van der Waals surface area contributed by atoms with Gasteiger partial charge >= 0.3 is 0 Å². The van der Waals surface area contributed by atoms with Crippen molar-refractivity contribution < 1.29 is 14.0 Å². The Labute approximate surface area is 159 Å². The molecule has 0 saturated carbocycles. The maximum absolute atomic E-state index is 12.7. The molecule has 26 heavy (non-hydrogen) atoms. The summed E-state index contributed by atoms with van der Waals surface area (Å²) in [5.74, 6) is -0.501. The molecule has 0 bridgehead atoms. The smallest absolute Gasteiger partial charge is 0.257 e. The molecule has 0 saturated heterocycles. The first-order valence-electron chi connectivity index (χ1n) is 7.85. The molecule has 0 atom stereocenters. The monoisotopic (exact) mass is 389 g/mol. The van der Waals surface area contributed by atoms with Crippen LogP contribution in [-0.4, -0.2) is 29.1 Å². The molecule has 3 rings (SSSR count). The number of primary amides is 1. The summed E-state index contributed by atoms with van der Waals surface area (Å²) in [4.78, 5) is 29.6. The van der Waals surface area contributed by atoms with Crippen LogP contribution in [0.2, 0.25) is 5.02 Å². The number of nitrogens with two attached hydrogens (primary N) is 1. The van der Waals surface area contributed by atoms with Gasteiger partial charge in [-0.2, -0.15) is 0 Å². The zero-order chi connectivity index (χ0) is 18.5. The fourth-order valence-corrected chi connectivity index (χ4v) is 3.24. The van der Waals surface area contributed by atoms with Crippen molar-refractivity contribution in [3.8, 4) is 0 Å². The largest absolute Gasteiger partial charge is 0.431 e. The number of nitrogens with zero attached hydrogens (tertiary/aromatic N) is 2. The van der Waals surface area contributed by atoms with E-state index in [0.717, 1.165) is 0 Å². The van der Waals surface area contributed by atoms with Crippen LogP contribution in [0.5, 0.6) is 0 Å². The van der Waals surface area contributed by atoms with E-state index in [2.05, 4.69) is 4.98 Å². The van der Waals surface area contributed by atoms with Crippen molar-refractivity contribution in [1.82, 2.24) is 4.98 Å². The Bertz CT molecular complexity index is 930. The number of anilines is 1. The molecule has 0 aliphatic heterocycles. The molecule has 0 aliphatic rings. The van der Waals surface area contributed by atoms with E-state index in [1.165, 1.54) is 16.7 Å². The van der Waals surface area contributed by atoms with Crippen LogP contribution in [0.15, 0.2) is 58.2 Å². The van der Waals surface area contributed by atoms with E-state index < -0.39 is 5.91 Å². The average molecular weight is 390 g/mol. The maximum Gasteiger partial charge on any atom is 0.257 e. The highest BCUT2D eigenvalue weighted by Gasteiger charge is 2.18. The van der Waals surface area contributed by atoms with Crippen molar-refractivity contribution >= 4 is 52.0 Å². The number of hydrogen-bond acceptors (Lipinski definition) is 5. The van der Waals surface area contributed by atoms with Crippen molar-refractivity contribution in [2.24, 2.45) is 5.73 Å². The highest BCUT2D eigenvalue weighted by molar-refractivity contribution is 7.99. The zero-order valence-corrected chi connectivity index (χ0v) is 15.3. The van der Waals surface area contributed by atoms with Gasteiger partial charge in [0.1, 0.15) is 5.52 Å². The second-order valence-corrected chi connectivity index (χ2v) is 6.84. The van der Waals surface area contributed by atoms with Crippen molar-refractivity contribution in [3.05, 3.63) is 53.6 Å². The minimum Gasteiger partial charge on any atom is -0.431 e. The SMILES string of the molecule is NC(=O)CCN(C(=O)CSc1nc2ccc(Cl)cc2o1)c1ccccc1. The van der Waals surface area contributed by atoms with Gasteiger partial charge in [0.15, 0.2) is 5.58 Å². The number of aromatic nitrogens is 1. The number of fused-ring (bicyclic) bond motifs is 1. The number of carbonyl (C=O) groups is 2. The molecule has 0 aliphatic carbocycles. The Morgan fingerprint density at radius 3 is 2.69 bits per heavy atom. The van der Waals surface area contributed by atoms with Crippen LogP contribution in [0, 0.1) is 0 Å². The van der Waals surface area contributed by atoms with Crippen LogP contribution in [0.25, 0.3) is 11.1 Å². The van der Waals surface area contributed by atoms with Gasteiger partial charge in [-0.15, -0.1) is 0 Å². The molecule has 0 spiro atoms. The number of oxazole rings is 1. The van der Waals surface area contributed by atoms with E-state index in [-0.39, 0.29) is 24.6 Å². The Kier molecular flexibility index (Phi) is 5.80. The number of amides is 2. The molecule has 3 aromatic rings. The van der Waals surface area contributed by atoms with Crippen molar-refractivity contribution in [2.45, 2.75) is 11.6 Å². The van der Waals surface area contributed by atoms with Gasteiger partial charge in [-0.05, 0) is 24.3 Å². The third-order valence-electron chi connectivity index (χ3n) is 3.60. The predicted molar refractivity (Wildman–Crippen MR) is 102 cm³/mol. The zero-order valence-electron chi connectivity index (χ0n) is 13.7. The molecule has 0 unspecified atom stereocenters. The lowest BCUT2D eigenvalue weighted by Crippen LogP contribution is -2.35. The summed E-state index contributed by atoms with van der Waals surface area (Å²) in [7, 11) is 0. The lowest BCUT2D eigenvalue weighted by atomic mass is 10.2. The Hall–Kier alpha value is -2.51. The molecule has 2 aromatic carbocycles. The molecule has 0 fully saturated rings. The standard InChI is InChI=1S/C18H16ClN3O3S/c19-12-6-7-14-15(10-12)25-18(21-14)26-11-17(24)22(9-8-16(20)23)13-4-2-1-3-5-13/h1-7,10H,8-9,11H2,(H2,20,23). The van der Waals surface area contributed by atoms with Crippen LogP contribution in [-0.2, 0) is 9.59 Å². The molecule has 0 radical (unpaired) electrons. The Morgan fingerprint density at radius 1 is 1.19 bits per heavy atom. The van der Waals surface area contributed by atoms with Gasteiger partial charge < -0.3 is 15.1 Å². The van der Waals surface area contributed by atoms with Crippen LogP contribution in [0.1, 0.15) is 6.42 Å². The van der Waals surface area contributed by atoms with Gasteiger partial charge in [-0.3, -0.25) is 9.59 Å². The first-order chi connectivity index (χ1) is 12.5. The number of benzene rings is 2. The molecule has 1 aromatic heterocycles. The minimum absolute atomic E-state index is 0.0900. The lowest BCUT2D eigenvalue weighted by Gasteiger charge is -2.21. The van der Waals surface area contributed by atoms with Crippen LogP contribution in [0.4, 0.5) is 5.69 Å². The summed E-state index contributed by atoms with van der Waals surface area (Å²) in [6, 6.07) is 14.3. The van der Waals surface area contributed by atoms with Crippen LogP contribution >= 0.6 is 23.4 Å². The maximum atomic E-state index is 12.7. The summed E-state index contributed by atoms with van der Waals surface area (Å²) >= 11 is 7.12. The van der Waals surface area contributed by atoms with Crippen molar-refractivity contribution in [2.75, 3.05) is 17.2 Å². The summed E-state index contributed by atoms with van der Waals surface area (Å²) in [6.07, 6.45) is 0.0900. The van der Waals surface area contributed by atoms with Gasteiger partial charge in [0.2, 0.25) is 11.8 Å². The Balaban J connectivity index is 1.70. The van der Waals surface area contributed by atoms with E-state index in [9.17, 15) is 9.59 Å². The van der Waals surface area contributed by atoms with E-state index >= 15 is 0 Å². The summed E-state index contributed by atoms with van der Waals surface area (Å²) in [5, 5.41) is 0.946. The van der Waals surface area contributed by atoms with Gasteiger partial charge in [-0.25, -0.2) is 4.98 Å². The fraction of sp³-hybridized carbons (Fsp3) is 0.167. The number of rotatable bonds is 7. The number of carbonyl (C=O) groups excluding carboxylic acids is 2. The second-order valence-electron chi connectivity index (χ2n) is 5.48. The average Bonchev–Trinajstić information content (AvgIpc) is 3.02. The molecular weight excluding hydrogens is 374 g/mol. The number of thioether (sulfide) groups is 1. The number of halogens is 1. The topological polar surface area (TPSA) is 89.4 Å². The summed E-state index contributed by atoms with van der Waals surface area (Å²) in [6.45, 7) is 0.224. The molecule has 1 heterocycles. The highest BCUT2D eigenvalue weighted by atomic mass is 35.5. The van der Waals surface area contributed by atoms with E-state index in [1.807, 2.05) is 30.3 Å². The van der Waals surface area contributed by atoms with Crippen molar-refractivity contribution in [3.63, 3.8) is 0 Å². The van der Waals surface area contributed by atoms with E-state index in [0.29, 0.717) is 27.0 Å². The molecular formula is C18H16ClN3O3S. The van der Waals surface area contributed by atoms with Crippen LogP contribution in [0.3, 0.4) is 0 Å². The van der Waals surface area contributed by atoms with Gasteiger partial charge in [0, 0.05) is 29.7 Å². The minimum atomic E-state index is -0.456. The molecule has 6 nitrogen and oxygen atoms in total. The van der Waals surface area contributed by atoms with E-state index in [1.54, 1.807) is 18.2 Å². The molecule has 2 N–H and O–H groups in total. The van der Waals surface area contributed by atoms with Gasteiger partial charge in [0.05, 0.1) is 5.75 Å². The summed E-state index contributed by atoms with van der Waals surface area (Å²) < 4.78 is 5.61. The molecule has 2 amide bonds. The van der Waals surface area contributed by atoms with Crippen molar-refractivity contribution in [1.29, 1.82) is 0 Å². The molecule has 8 heteroatoms. The number of hydrogen-bond donors (Lipinski definition) is 1. The first-order valence-corrected chi connectivity index (χ1v) is 9.22. The summed E-state index contributed by atoms with van der Waals surface area (Å²) in [5.41, 5.74) is 7.18. The highest BCUT2D eigenvalue weighted by Crippen LogP contribution is 2.26. The first kappa shape index (κ1) is 18.3. The normalized spacial score (nSPS) is 10.8. The fourth-order valence-electron chi connectivity index (χ4n) is 2.37.